The van der Waals surface area contributed by atoms with Crippen molar-refractivity contribution in [3.8, 4) is 10.4 Å². The fraction of sp³-hybridized carbons (Fsp3) is 0.484. The number of nitrogens with zero attached hydrogens (tertiary/aromatic N) is 2. The zero-order valence-electron chi connectivity index (χ0n) is 24.0. The average Bonchev–Trinajstić information content (AvgIpc) is 3.51. The lowest BCUT2D eigenvalue weighted by Crippen LogP contribution is -2.34. The van der Waals surface area contributed by atoms with Crippen LogP contribution in [0.15, 0.2) is 41.9 Å². The molecule has 0 bridgehead atoms. The first-order valence-corrected chi connectivity index (χ1v) is 15.2. The number of aryl methyl sites for hydroxylation is 1. The van der Waals surface area contributed by atoms with Crippen LogP contribution in [0.25, 0.3) is 10.4 Å². The maximum atomic E-state index is 13.5. The van der Waals surface area contributed by atoms with Crippen LogP contribution in [0.2, 0.25) is 0 Å². The maximum absolute atomic E-state index is 13.5. The van der Waals surface area contributed by atoms with Gasteiger partial charge in [0.2, 0.25) is 0 Å². The number of benzene rings is 1. The van der Waals surface area contributed by atoms with Crippen molar-refractivity contribution in [2.45, 2.75) is 90.0 Å². The van der Waals surface area contributed by atoms with E-state index in [4.69, 9.17) is 9.72 Å². The molecule has 5 nitrogen and oxygen atoms in total. The van der Waals surface area contributed by atoms with Gasteiger partial charge in [0.15, 0.2) is 0 Å². The molecule has 2 unspecified atom stereocenters. The number of cyclic esters (lactones) is 1. The molecule has 3 aromatic rings. The van der Waals surface area contributed by atoms with E-state index in [2.05, 4.69) is 12.2 Å². The van der Waals surface area contributed by atoms with Crippen molar-refractivity contribution in [2.24, 2.45) is 5.92 Å². The third-order valence-corrected chi connectivity index (χ3v) is 9.58. The first-order chi connectivity index (χ1) is 20.3. The number of carbonyl (C=O) groups is 1. The van der Waals surface area contributed by atoms with Crippen LogP contribution in [0.1, 0.15) is 79.9 Å². The zero-order chi connectivity index (χ0) is 31.1. The summed E-state index contributed by atoms with van der Waals surface area (Å²) in [6, 6.07) is 4.59. The second kappa shape index (κ2) is 12.0. The Morgan fingerprint density at radius 1 is 1.05 bits per heavy atom. The van der Waals surface area contributed by atoms with E-state index in [-0.39, 0.29) is 24.2 Å². The highest BCUT2D eigenvalue weighted by Crippen LogP contribution is 2.42. The molecule has 3 heterocycles. The van der Waals surface area contributed by atoms with Crippen molar-refractivity contribution in [3.63, 3.8) is 0 Å². The van der Waals surface area contributed by atoms with Gasteiger partial charge in [-0.1, -0.05) is 26.2 Å². The van der Waals surface area contributed by atoms with Gasteiger partial charge in [0.25, 0.3) is 0 Å². The first-order valence-electron chi connectivity index (χ1n) is 14.3. The molecule has 2 aromatic heterocycles. The van der Waals surface area contributed by atoms with E-state index >= 15 is 0 Å². The fourth-order valence-corrected chi connectivity index (χ4v) is 7.01. The summed E-state index contributed by atoms with van der Waals surface area (Å²) in [5.41, 5.74) is -0.657. The molecule has 1 aliphatic carbocycles. The number of thiophene rings is 1. The third-order valence-electron chi connectivity index (χ3n) is 8.52. The van der Waals surface area contributed by atoms with Gasteiger partial charge in [0.1, 0.15) is 11.9 Å². The van der Waals surface area contributed by atoms with Crippen LogP contribution in [0.3, 0.4) is 0 Å². The predicted molar refractivity (Wildman–Crippen MR) is 153 cm³/mol. The van der Waals surface area contributed by atoms with Gasteiger partial charge < -0.3 is 10.1 Å². The van der Waals surface area contributed by atoms with Gasteiger partial charge in [-0.15, -0.1) is 11.3 Å². The number of rotatable bonds is 7. The molecule has 2 aliphatic rings. The van der Waals surface area contributed by atoms with E-state index < -0.39 is 41.7 Å². The molecule has 12 heteroatoms. The normalized spacial score (nSPS) is 23.0. The highest BCUT2D eigenvalue weighted by atomic mass is 32.1. The minimum atomic E-state index is -5.01. The number of aromatic nitrogens is 1. The van der Waals surface area contributed by atoms with Crippen LogP contribution in [0, 0.1) is 12.8 Å². The lowest BCUT2D eigenvalue weighted by molar-refractivity contribution is -0.143. The largest absolute Gasteiger partial charge is 0.439 e. The summed E-state index contributed by atoms with van der Waals surface area (Å²) in [6.45, 7) is 5.71. The number of halogens is 6. The minimum absolute atomic E-state index is 0.0126. The van der Waals surface area contributed by atoms with Crippen molar-refractivity contribution in [3.05, 3.63) is 69.7 Å². The first kappa shape index (κ1) is 31.2. The topological polar surface area (TPSA) is 54.5 Å². The average molecular weight is 626 g/mol. The lowest BCUT2D eigenvalue weighted by Gasteiger charge is -2.33. The highest BCUT2D eigenvalue weighted by molar-refractivity contribution is 7.13. The number of nitrogens with one attached hydrogen (secondary N) is 1. The van der Waals surface area contributed by atoms with E-state index in [1.807, 2.05) is 24.4 Å². The zero-order valence-corrected chi connectivity index (χ0v) is 24.8. The third kappa shape index (κ3) is 6.63. The minimum Gasteiger partial charge on any atom is -0.439 e. The molecular formula is C31H33F6N3O2S. The molecule has 232 valence electrons. The van der Waals surface area contributed by atoms with Crippen molar-refractivity contribution in [2.75, 3.05) is 5.32 Å². The Hall–Kier alpha value is -3.28. The Morgan fingerprint density at radius 2 is 1.72 bits per heavy atom. The molecule has 1 saturated carbocycles. The molecule has 5 rings (SSSR count). The molecule has 1 amide bonds. The van der Waals surface area contributed by atoms with Gasteiger partial charge in [0.05, 0.1) is 23.7 Å². The van der Waals surface area contributed by atoms with Crippen LogP contribution in [0.5, 0.6) is 0 Å². The Kier molecular flexibility index (Phi) is 8.70. The Labute approximate surface area is 250 Å². The Bertz CT molecular complexity index is 1440. The standard InChI is InChI=1S/C31H33F6N3O2S/c1-4-19-7-5-6-8-25(19)39-28-22(11-21(15-38-28)27-17(2)9-10-43-27)16-40-18(3)26(42-29(40)41)20-12-23(30(32,33)34)14-24(13-20)31(35,36)37/h9-15,18-19,25-26H,4-8,16H2,1-3H3,(H,38,39)/t18-,19?,25?,26-/m0/s1. The summed E-state index contributed by atoms with van der Waals surface area (Å²) in [4.78, 5) is 20.2. The number of ether oxygens (including phenoxy) is 1. The van der Waals surface area contributed by atoms with E-state index in [0.717, 1.165) is 48.1 Å². The number of alkyl halides is 6. The van der Waals surface area contributed by atoms with E-state index in [1.165, 1.54) is 4.90 Å². The number of pyridine rings is 1. The molecule has 2 fully saturated rings. The van der Waals surface area contributed by atoms with Crippen LogP contribution < -0.4 is 5.32 Å². The number of hydrogen-bond donors (Lipinski definition) is 1. The number of hydrogen-bond acceptors (Lipinski definition) is 5. The van der Waals surface area contributed by atoms with Gasteiger partial charge in [-0.3, -0.25) is 4.90 Å². The molecular weight excluding hydrogens is 592 g/mol. The molecule has 1 saturated heterocycles. The van der Waals surface area contributed by atoms with E-state index in [0.29, 0.717) is 29.4 Å². The van der Waals surface area contributed by atoms with Crippen molar-refractivity contribution in [1.82, 2.24) is 9.88 Å². The molecule has 1 N–H and O–H groups in total. The molecule has 0 spiro atoms. The van der Waals surface area contributed by atoms with Gasteiger partial charge in [0, 0.05) is 28.2 Å². The molecule has 4 atom stereocenters. The summed E-state index contributed by atoms with van der Waals surface area (Å²) in [7, 11) is 0. The number of carbonyl (C=O) groups excluding carboxylic acids is 1. The van der Waals surface area contributed by atoms with Crippen LogP contribution in [-0.2, 0) is 23.6 Å². The maximum Gasteiger partial charge on any atom is 0.416 e. The number of amides is 1. The second-order valence-electron chi connectivity index (χ2n) is 11.4. The van der Waals surface area contributed by atoms with Gasteiger partial charge in [-0.2, -0.15) is 26.3 Å². The monoisotopic (exact) mass is 625 g/mol. The van der Waals surface area contributed by atoms with Crippen molar-refractivity contribution < 1.29 is 35.9 Å². The molecule has 1 aliphatic heterocycles. The van der Waals surface area contributed by atoms with E-state index in [9.17, 15) is 31.1 Å². The van der Waals surface area contributed by atoms with Crippen LogP contribution >= 0.6 is 11.3 Å². The lowest BCUT2D eigenvalue weighted by atomic mass is 9.83. The highest BCUT2D eigenvalue weighted by Gasteiger charge is 2.43. The van der Waals surface area contributed by atoms with Crippen molar-refractivity contribution in [1.29, 1.82) is 0 Å². The summed E-state index contributed by atoms with van der Waals surface area (Å²) < 4.78 is 86.7. The second-order valence-corrected chi connectivity index (χ2v) is 12.3. The predicted octanol–water partition coefficient (Wildman–Crippen LogP) is 9.62. The molecule has 43 heavy (non-hydrogen) atoms. The number of anilines is 1. The summed E-state index contributed by atoms with van der Waals surface area (Å²) >= 11 is 1.56. The van der Waals surface area contributed by atoms with Gasteiger partial charge in [-0.05, 0) is 79.4 Å². The van der Waals surface area contributed by atoms with Crippen LogP contribution in [-0.4, -0.2) is 28.1 Å². The summed E-state index contributed by atoms with van der Waals surface area (Å²) in [5.74, 6) is 1.07. The molecule has 1 aromatic carbocycles. The van der Waals surface area contributed by atoms with E-state index in [1.54, 1.807) is 24.5 Å². The SMILES string of the molecule is CCC1CCCCC1Nc1ncc(-c2sccc2C)cc1CN1C(=O)O[C@H](c2cc(C(F)(F)F)cc(C(F)(F)F)c2)[C@@H]1C. The van der Waals surface area contributed by atoms with Crippen LogP contribution in [0.4, 0.5) is 37.0 Å². The summed E-state index contributed by atoms with van der Waals surface area (Å²) in [6.07, 6.45) is -5.05. The quantitative estimate of drug-likeness (QED) is 0.266. The van der Waals surface area contributed by atoms with Gasteiger partial charge >= 0.3 is 18.4 Å². The Morgan fingerprint density at radius 3 is 2.33 bits per heavy atom. The summed E-state index contributed by atoms with van der Waals surface area (Å²) in [5, 5.41) is 5.57. The smallest absolute Gasteiger partial charge is 0.416 e. The van der Waals surface area contributed by atoms with Crippen molar-refractivity contribution >= 4 is 23.2 Å². The Balaban J connectivity index is 1.48. The molecule has 0 radical (unpaired) electrons. The fourth-order valence-electron chi connectivity index (χ4n) is 6.10. The van der Waals surface area contributed by atoms with Gasteiger partial charge in [-0.25, -0.2) is 9.78 Å².